The van der Waals surface area contributed by atoms with Crippen LogP contribution >= 0.6 is 0 Å². The lowest BCUT2D eigenvalue weighted by Gasteiger charge is -2.21. The van der Waals surface area contributed by atoms with E-state index in [2.05, 4.69) is 0 Å². The predicted octanol–water partition coefficient (Wildman–Crippen LogP) is 0.753. The van der Waals surface area contributed by atoms with Gasteiger partial charge in [0.1, 0.15) is 5.78 Å². The van der Waals surface area contributed by atoms with Crippen LogP contribution in [0.15, 0.2) is 0 Å². The molecule has 0 spiro atoms. The molecule has 66 valence electrons. The largest absolute Gasteiger partial charge is 0.388 e. The third-order valence-electron chi connectivity index (χ3n) is 1.47. The molecule has 0 aromatic heterocycles. The number of aliphatic hydroxyl groups is 1. The van der Waals surface area contributed by atoms with Gasteiger partial charge in [-0.3, -0.25) is 0 Å². The number of ketones is 1. The molecule has 0 saturated carbocycles. The predicted molar refractivity (Wildman–Crippen MR) is 42.4 cm³/mol. The number of hydrogen-bond acceptors (Lipinski definition) is 3. The SMILES string of the molecule is COCC(C)(O)CCC(C)=O. The van der Waals surface area contributed by atoms with Crippen LogP contribution in [-0.4, -0.2) is 30.2 Å². The maximum atomic E-state index is 10.5. The monoisotopic (exact) mass is 160 g/mol. The highest BCUT2D eigenvalue weighted by molar-refractivity contribution is 5.75. The molecule has 1 unspecified atom stereocenters. The van der Waals surface area contributed by atoms with Crippen molar-refractivity contribution in [2.75, 3.05) is 13.7 Å². The van der Waals surface area contributed by atoms with Gasteiger partial charge in [0, 0.05) is 13.5 Å². The molecule has 3 nitrogen and oxygen atoms in total. The van der Waals surface area contributed by atoms with Crippen LogP contribution in [0, 0.1) is 0 Å². The van der Waals surface area contributed by atoms with Gasteiger partial charge >= 0.3 is 0 Å². The number of Topliss-reactive ketones (excluding diaryl/α,β-unsaturated/α-hetero) is 1. The quantitative estimate of drug-likeness (QED) is 0.645. The van der Waals surface area contributed by atoms with Crippen molar-refractivity contribution in [2.24, 2.45) is 0 Å². The average molecular weight is 160 g/mol. The van der Waals surface area contributed by atoms with Gasteiger partial charge in [-0.2, -0.15) is 0 Å². The molecule has 0 aromatic carbocycles. The van der Waals surface area contributed by atoms with E-state index in [1.807, 2.05) is 0 Å². The zero-order valence-corrected chi connectivity index (χ0v) is 7.39. The third kappa shape index (κ3) is 6.01. The van der Waals surface area contributed by atoms with Gasteiger partial charge in [0.25, 0.3) is 0 Å². The molecule has 3 heteroatoms. The van der Waals surface area contributed by atoms with Gasteiger partial charge in [0.15, 0.2) is 0 Å². The second-order valence-corrected chi connectivity index (χ2v) is 3.13. The van der Waals surface area contributed by atoms with Crippen LogP contribution in [0.1, 0.15) is 26.7 Å². The van der Waals surface area contributed by atoms with E-state index in [1.165, 1.54) is 14.0 Å². The first-order chi connectivity index (χ1) is 4.98. The van der Waals surface area contributed by atoms with E-state index in [0.717, 1.165) is 0 Å². The van der Waals surface area contributed by atoms with Crippen molar-refractivity contribution in [3.8, 4) is 0 Å². The van der Waals surface area contributed by atoms with Crippen LogP contribution < -0.4 is 0 Å². The smallest absolute Gasteiger partial charge is 0.129 e. The summed E-state index contributed by atoms with van der Waals surface area (Å²) in [5, 5.41) is 9.49. The number of hydrogen-bond donors (Lipinski definition) is 1. The molecule has 0 saturated heterocycles. The second kappa shape index (κ2) is 4.46. The molecule has 11 heavy (non-hydrogen) atoms. The Kier molecular flexibility index (Phi) is 4.30. The summed E-state index contributed by atoms with van der Waals surface area (Å²) in [4.78, 5) is 10.5. The third-order valence-corrected chi connectivity index (χ3v) is 1.47. The highest BCUT2D eigenvalue weighted by Crippen LogP contribution is 2.11. The zero-order chi connectivity index (χ0) is 8.91. The Bertz CT molecular complexity index is 129. The lowest BCUT2D eigenvalue weighted by Crippen LogP contribution is -2.30. The Labute approximate surface area is 67.4 Å². The minimum atomic E-state index is -0.861. The van der Waals surface area contributed by atoms with Crippen molar-refractivity contribution in [1.29, 1.82) is 0 Å². The van der Waals surface area contributed by atoms with E-state index < -0.39 is 5.60 Å². The maximum Gasteiger partial charge on any atom is 0.129 e. The summed E-state index contributed by atoms with van der Waals surface area (Å²) in [5.74, 6) is 0.0985. The summed E-state index contributed by atoms with van der Waals surface area (Å²) in [6.07, 6.45) is 0.881. The highest BCUT2D eigenvalue weighted by Gasteiger charge is 2.19. The second-order valence-electron chi connectivity index (χ2n) is 3.13. The van der Waals surface area contributed by atoms with E-state index in [9.17, 15) is 9.90 Å². The summed E-state index contributed by atoms with van der Waals surface area (Å²) in [7, 11) is 1.53. The lowest BCUT2D eigenvalue weighted by molar-refractivity contribution is -0.118. The molecule has 1 atom stereocenters. The van der Waals surface area contributed by atoms with Crippen LogP contribution in [0.4, 0.5) is 0 Å². The van der Waals surface area contributed by atoms with Crippen molar-refractivity contribution in [3.05, 3.63) is 0 Å². The molecule has 0 heterocycles. The summed E-state index contributed by atoms with van der Waals surface area (Å²) < 4.78 is 4.78. The maximum absolute atomic E-state index is 10.5. The molecule has 0 aliphatic carbocycles. The Balaban J connectivity index is 3.63. The standard InChI is InChI=1S/C8H16O3/c1-7(9)4-5-8(2,10)6-11-3/h10H,4-6H2,1-3H3. The average Bonchev–Trinajstić information content (AvgIpc) is 1.84. The molecule has 0 radical (unpaired) electrons. The number of methoxy groups -OCH3 is 1. The van der Waals surface area contributed by atoms with E-state index in [4.69, 9.17) is 4.74 Å². The Morgan fingerprint density at radius 2 is 2.18 bits per heavy atom. The molecule has 0 aromatic rings. The van der Waals surface area contributed by atoms with Gasteiger partial charge in [0.05, 0.1) is 12.2 Å². The van der Waals surface area contributed by atoms with Crippen molar-refractivity contribution in [3.63, 3.8) is 0 Å². The lowest BCUT2D eigenvalue weighted by atomic mass is 10.0. The van der Waals surface area contributed by atoms with Crippen LogP contribution in [0.25, 0.3) is 0 Å². The number of rotatable bonds is 5. The fourth-order valence-corrected chi connectivity index (χ4v) is 0.828. The highest BCUT2D eigenvalue weighted by atomic mass is 16.5. The molecule has 0 amide bonds. The van der Waals surface area contributed by atoms with E-state index in [1.54, 1.807) is 6.92 Å². The number of carbonyl (C=O) groups is 1. The zero-order valence-electron chi connectivity index (χ0n) is 7.39. The molecule has 1 N–H and O–H groups in total. The molecule has 0 fully saturated rings. The van der Waals surface area contributed by atoms with Crippen LogP contribution in [0.5, 0.6) is 0 Å². The molecule has 0 aliphatic rings. The molecular formula is C8H16O3. The first kappa shape index (κ1) is 10.6. The normalized spacial score (nSPS) is 16.0. The van der Waals surface area contributed by atoms with Crippen LogP contribution in [0.3, 0.4) is 0 Å². The Morgan fingerprint density at radius 3 is 2.55 bits per heavy atom. The number of carbonyl (C=O) groups excluding carboxylic acids is 1. The topological polar surface area (TPSA) is 46.5 Å². The van der Waals surface area contributed by atoms with Crippen molar-refractivity contribution < 1.29 is 14.6 Å². The first-order valence-corrected chi connectivity index (χ1v) is 3.69. The van der Waals surface area contributed by atoms with Gasteiger partial charge in [-0.15, -0.1) is 0 Å². The fourth-order valence-electron chi connectivity index (χ4n) is 0.828. The molecule has 0 aliphatic heterocycles. The Hall–Kier alpha value is -0.410. The molecular weight excluding hydrogens is 144 g/mol. The fraction of sp³-hybridized carbons (Fsp3) is 0.875. The first-order valence-electron chi connectivity index (χ1n) is 3.69. The van der Waals surface area contributed by atoms with Crippen LogP contribution in [-0.2, 0) is 9.53 Å². The Morgan fingerprint density at radius 1 is 1.64 bits per heavy atom. The van der Waals surface area contributed by atoms with Crippen molar-refractivity contribution in [2.45, 2.75) is 32.3 Å². The minimum absolute atomic E-state index is 0.0985. The minimum Gasteiger partial charge on any atom is -0.388 e. The van der Waals surface area contributed by atoms with Gasteiger partial charge in [-0.25, -0.2) is 0 Å². The summed E-state index contributed by atoms with van der Waals surface area (Å²) in [6.45, 7) is 3.46. The van der Waals surface area contributed by atoms with Crippen LogP contribution in [0.2, 0.25) is 0 Å². The van der Waals surface area contributed by atoms with Gasteiger partial charge < -0.3 is 14.6 Å². The molecule has 0 bridgehead atoms. The van der Waals surface area contributed by atoms with Crippen molar-refractivity contribution >= 4 is 5.78 Å². The van der Waals surface area contributed by atoms with E-state index >= 15 is 0 Å². The summed E-state index contributed by atoms with van der Waals surface area (Å²) in [6, 6.07) is 0. The van der Waals surface area contributed by atoms with Gasteiger partial charge in [-0.05, 0) is 20.3 Å². The van der Waals surface area contributed by atoms with E-state index in [-0.39, 0.29) is 12.4 Å². The van der Waals surface area contributed by atoms with Gasteiger partial charge in [-0.1, -0.05) is 0 Å². The summed E-state index contributed by atoms with van der Waals surface area (Å²) in [5.41, 5.74) is -0.861. The van der Waals surface area contributed by atoms with Crippen molar-refractivity contribution in [1.82, 2.24) is 0 Å². The summed E-state index contributed by atoms with van der Waals surface area (Å²) >= 11 is 0. The van der Waals surface area contributed by atoms with E-state index in [0.29, 0.717) is 12.8 Å². The van der Waals surface area contributed by atoms with Gasteiger partial charge in [0.2, 0.25) is 0 Å². The molecule has 0 rings (SSSR count). The number of ether oxygens (including phenoxy) is 1.